The van der Waals surface area contributed by atoms with Crippen LogP contribution in [0.25, 0.3) is 0 Å². The van der Waals surface area contributed by atoms with Gasteiger partial charge in [-0.2, -0.15) is 0 Å². The van der Waals surface area contributed by atoms with Gasteiger partial charge >= 0.3 is 0 Å². The molecule has 0 bridgehead atoms. The molecule has 0 atom stereocenters. The van der Waals surface area contributed by atoms with E-state index in [2.05, 4.69) is 5.32 Å². The van der Waals surface area contributed by atoms with Crippen molar-refractivity contribution in [2.75, 3.05) is 31.7 Å². The lowest BCUT2D eigenvalue weighted by Crippen LogP contribution is -2.50. The van der Waals surface area contributed by atoms with E-state index in [1.54, 1.807) is 0 Å². The summed E-state index contributed by atoms with van der Waals surface area (Å²) in [5.74, 6) is -1.47. The van der Waals surface area contributed by atoms with E-state index in [4.69, 9.17) is 16.3 Å². The Kier molecular flexibility index (Phi) is 3.51. The van der Waals surface area contributed by atoms with E-state index >= 15 is 0 Å². The first-order chi connectivity index (χ1) is 8.06. The Balaban J connectivity index is 2.09. The lowest BCUT2D eigenvalue weighted by Gasteiger charge is -2.40. The fourth-order valence-corrected chi connectivity index (χ4v) is 1.89. The zero-order chi connectivity index (χ0) is 12.5. The first-order valence-corrected chi connectivity index (χ1v) is 5.51. The minimum absolute atomic E-state index is 0.0177. The van der Waals surface area contributed by atoms with Crippen molar-refractivity contribution in [3.63, 3.8) is 0 Å². The van der Waals surface area contributed by atoms with E-state index in [0.29, 0.717) is 19.8 Å². The Labute approximate surface area is 102 Å². The van der Waals surface area contributed by atoms with Crippen LogP contribution in [0.5, 0.6) is 0 Å². The molecule has 3 nitrogen and oxygen atoms in total. The lowest BCUT2D eigenvalue weighted by molar-refractivity contribution is -0.128. The minimum atomic E-state index is -0.747. The smallest absolute Gasteiger partial charge is 0.150 e. The van der Waals surface area contributed by atoms with Crippen LogP contribution in [0.1, 0.15) is 0 Å². The van der Waals surface area contributed by atoms with Gasteiger partial charge in [0.05, 0.1) is 35.9 Å². The molecule has 0 spiro atoms. The third-order valence-electron chi connectivity index (χ3n) is 2.80. The first kappa shape index (κ1) is 12.5. The van der Waals surface area contributed by atoms with E-state index in [1.807, 2.05) is 0 Å². The Morgan fingerprint density at radius 1 is 1.41 bits per heavy atom. The molecule has 1 fully saturated rings. The second-order valence-corrected chi connectivity index (χ2v) is 4.66. The molecule has 1 heterocycles. The van der Waals surface area contributed by atoms with Gasteiger partial charge in [-0.25, -0.2) is 8.78 Å². The van der Waals surface area contributed by atoms with Crippen molar-refractivity contribution >= 4 is 17.3 Å². The average molecular weight is 264 g/mol. The van der Waals surface area contributed by atoms with E-state index in [1.165, 1.54) is 0 Å². The van der Waals surface area contributed by atoms with Gasteiger partial charge in [0.2, 0.25) is 0 Å². The Bertz CT molecular complexity index is 395. The number of hydrogen-bond acceptors (Lipinski definition) is 3. The number of ether oxygens (including phenoxy) is 1. The molecule has 0 aromatic heterocycles. The van der Waals surface area contributed by atoms with Crippen molar-refractivity contribution in [3.8, 4) is 0 Å². The highest BCUT2D eigenvalue weighted by Crippen LogP contribution is 2.31. The molecular weight excluding hydrogens is 252 g/mol. The van der Waals surface area contributed by atoms with Crippen molar-refractivity contribution in [1.29, 1.82) is 0 Å². The van der Waals surface area contributed by atoms with Crippen molar-refractivity contribution in [1.82, 2.24) is 0 Å². The van der Waals surface area contributed by atoms with Gasteiger partial charge in [0.15, 0.2) is 5.82 Å². The quantitative estimate of drug-likeness (QED) is 0.874. The number of benzene rings is 1. The number of rotatable bonds is 4. The molecule has 1 aliphatic heterocycles. The van der Waals surface area contributed by atoms with Crippen LogP contribution in [0.15, 0.2) is 12.1 Å². The zero-order valence-corrected chi connectivity index (χ0v) is 9.73. The summed E-state index contributed by atoms with van der Waals surface area (Å²) in [7, 11) is 0. The summed E-state index contributed by atoms with van der Waals surface area (Å²) in [6.45, 7) is 1.10. The molecule has 6 heteroatoms. The van der Waals surface area contributed by atoms with Crippen molar-refractivity contribution < 1.29 is 18.6 Å². The van der Waals surface area contributed by atoms with Gasteiger partial charge in [-0.1, -0.05) is 11.6 Å². The molecule has 94 valence electrons. The fourth-order valence-electron chi connectivity index (χ4n) is 1.63. The van der Waals surface area contributed by atoms with E-state index in [9.17, 15) is 13.9 Å². The molecule has 0 amide bonds. The van der Waals surface area contributed by atoms with Gasteiger partial charge in [0, 0.05) is 12.6 Å². The SMILES string of the molecule is OCC1(CNc2c(F)cc(F)cc2Cl)COC1. The monoisotopic (exact) mass is 263 g/mol. The highest BCUT2D eigenvalue weighted by Gasteiger charge is 2.38. The normalized spacial score (nSPS) is 17.6. The van der Waals surface area contributed by atoms with E-state index in [-0.39, 0.29) is 17.3 Å². The maximum Gasteiger partial charge on any atom is 0.150 e. The molecule has 0 aliphatic carbocycles. The Morgan fingerprint density at radius 3 is 2.59 bits per heavy atom. The van der Waals surface area contributed by atoms with Crippen LogP contribution in [0.3, 0.4) is 0 Å². The third-order valence-corrected chi connectivity index (χ3v) is 3.10. The van der Waals surface area contributed by atoms with Gasteiger partial charge in [-0.15, -0.1) is 0 Å². The van der Waals surface area contributed by atoms with Gasteiger partial charge in [-0.3, -0.25) is 0 Å². The van der Waals surface area contributed by atoms with Crippen molar-refractivity contribution in [2.24, 2.45) is 5.41 Å². The van der Waals surface area contributed by atoms with Crippen LogP contribution in [-0.2, 0) is 4.74 Å². The summed E-state index contributed by atoms with van der Waals surface area (Å²) in [6.07, 6.45) is 0. The molecule has 1 aliphatic rings. The number of nitrogens with one attached hydrogen (secondary N) is 1. The molecule has 2 rings (SSSR count). The maximum absolute atomic E-state index is 13.4. The summed E-state index contributed by atoms with van der Waals surface area (Å²) >= 11 is 5.73. The molecule has 1 aromatic carbocycles. The molecule has 1 aromatic rings. The summed E-state index contributed by atoms with van der Waals surface area (Å²) in [4.78, 5) is 0. The second-order valence-electron chi connectivity index (χ2n) is 4.25. The number of hydrogen-bond donors (Lipinski definition) is 2. The summed E-state index contributed by atoms with van der Waals surface area (Å²) in [5, 5.41) is 12.0. The molecule has 2 N–H and O–H groups in total. The third kappa shape index (κ3) is 2.51. The van der Waals surface area contributed by atoms with Crippen molar-refractivity contribution in [2.45, 2.75) is 0 Å². The summed E-state index contributed by atoms with van der Waals surface area (Å²) in [6, 6.07) is 1.80. The highest BCUT2D eigenvalue weighted by molar-refractivity contribution is 6.33. The van der Waals surface area contributed by atoms with Crippen LogP contribution in [0, 0.1) is 17.0 Å². The second kappa shape index (κ2) is 4.76. The van der Waals surface area contributed by atoms with Crippen LogP contribution < -0.4 is 5.32 Å². The summed E-state index contributed by atoms with van der Waals surface area (Å²) < 4.78 is 31.3. The molecular formula is C11H12ClF2NO2. The molecule has 1 saturated heterocycles. The highest BCUT2D eigenvalue weighted by atomic mass is 35.5. The van der Waals surface area contributed by atoms with Crippen LogP contribution in [-0.4, -0.2) is 31.5 Å². The number of aliphatic hydroxyl groups is 1. The largest absolute Gasteiger partial charge is 0.396 e. The van der Waals surface area contributed by atoms with Crippen LogP contribution in [0.4, 0.5) is 14.5 Å². The standard InChI is InChI=1S/C11H12ClF2NO2/c12-8-1-7(13)2-9(14)10(8)15-3-11(4-16)5-17-6-11/h1-2,15-16H,3-6H2. The van der Waals surface area contributed by atoms with Crippen molar-refractivity contribution in [3.05, 3.63) is 28.8 Å². The fraction of sp³-hybridized carbons (Fsp3) is 0.455. The predicted molar refractivity (Wildman–Crippen MR) is 60.2 cm³/mol. The molecule has 0 saturated carbocycles. The first-order valence-electron chi connectivity index (χ1n) is 5.13. The van der Waals surface area contributed by atoms with Gasteiger partial charge in [0.25, 0.3) is 0 Å². The number of halogens is 3. The van der Waals surface area contributed by atoms with E-state index < -0.39 is 17.0 Å². The van der Waals surface area contributed by atoms with Crippen LogP contribution in [0.2, 0.25) is 5.02 Å². The lowest BCUT2D eigenvalue weighted by atomic mass is 9.87. The molecule has 17 heavy (non-hydrogen) atoms. The molecule has 0 unspecified atom stereocenters. The average Bonchev–Trinajstić information content (AvgIpc) is 2.19. The topological polar surface area (TPSA) is 41.5 Å². The predicted octanol–water partition coefficient (Wildman–Crippen LogP) is 2.04. The van der Waals surface area contributed by atoms with Gasteiger partial charge < -0.3 is 15.2 Å². The van der Waals surface area contributed by atoms with Gasteiger partial charge in [0.1, 0.15) is 5.82 Å². The maximum atomic E-state index is 13.4. The number of anilines is 1. The Hall–Kier alpha value is -0.910. The van der Waals surface area contributed by atoms with Crippen LogP contribution >= 0.6 is 11.6 Å². The van der Waals surface area contributed by atoms with Gasteiger partial charge in [-0.05, 0) is 6.07 Å². The summed E-state index contributed by atoms with van der Waals surface area (Å²) in [5.41, 5.74) is -0.350. The minimum Gasteiger partial charge on any atom is -0.396 e. The Morgan fingerprint density at radius 2 is 2.12 bits per heavy atom. The zero-order valence-electron chi connectivity index (χ0n) is 8.97. The van der Waals surface area contributed by atoms with E-state index in [0.717, 1.165) is 12.1 Å². The number of aliphatic hydroxyl groups excluding tert-OH is 1. The molecule has 0 radical (unpaired) electrons.